The van der Waals surface area contributed by atoms with Gasteiger partial charge in [-0.2, -0.15) is 0 Å². The van der Waals surface area contributed by atoms with Gasteiger partial charge < -0.3 is 14.5 Å². The molecule has 0 bridgehead atoms. The van der Waals surface area contributed by atoms with Crippen LogP contribution in [0.1, 0.15) is 30.6 Å². The predicted molar refractivity (Wildman–Crippen MR) is 106 cm³/mol. The average molecular weight is 382 g/mol. The molecule has 0 radical (unpaired) electrons. The van der Waals surface area contributed by atoms with Crippen LogP contribution in [0.5, 0.6) is 0 Å². The van der Waals surface area contributed by atoms with Crippen LogP contribution in [0.3, 0.4) is 0 Å². The zero-order valence-electron chi connectivity index (χ0n) is 16.5. The van der Waals surface area contributed by atoms with Crippen LogP contribution in [0.25, 0.3) is 10.9 Å². The van der Waals surface area contributed by atoms with E-state index in [9.17, 15) is 9.59 Å². The van der Waals surface area contributed by atoms with E-state index in [1.54, 1.807) is 0 Å². The number of aromatic amines is 1. The third-order valence-electron chi connectivity index (χ3n) is 6.29. The van der Waals surface area contributed by atoms with E-state index < -0.39 is 17.9 Å². The number of carbonyl (C=O) groups excluding carboxylic acids is 2. The van der Waals surface area contributed by atoms with Gasteiger partial charge in [0.05, 0.1) is 20.3 Å². The Bertz CT molecular complexity index is 929. The van der Waals surface area contributed by atoms with E-state index in [-0.39, 0.29) is 12.0 Å². The summed E-state index contributed by atoms with van der Waals surface area (Å²) in [5, 5.41) is 1.27. The number of fused-ring (bicyclic) bond motifs is 5. The van der Waals surface area contributed by atoms with Gasteiger partial charge in [0, 0.05) is 35.6 Å². The van der Waals surface area contributed by atoms with Gasteiger partial charge in [-0.1, -0.05) is 29.8 Å². The van der Waals surface area contributed by atoms with Crippen molar-refractivity contribution in [3.8, 4) is 0 Å². The van der Waals surface area contributed by atoms with E-state index in [1.165, 1.54) is 30.9 Å². The number of hydrogen-bond acceptors (Lipinski definition) is 5. The molecule has 2 aliphatic rings. The molecule has 0 unspecified atom stereocenters. The Balaban J connectivity index is 1.75. The largest absolute Gasteiger partial charge is 0.468 e. The second-order valence-electron chi connectivity index (χ2n) is 7.53. The molecule has 28 heavy (non-hydrogen) atoms. The van der Waals surface area contributed by atoms with E-state index in [0.29, 0.717) is 6.42 Å². The van der Waals surface area contributed by atoms with Crippen molar-refractivity contribution in [1.82, 2.24) is 9.88 Å². The fraction of sp³-hybridized carbons (Fsp3) is 0.455. The second-order valence-corrected chi connectivity index (χ2v) is 7.53. The highest BCUT2D eigenvalue weighted by Crippen LogP contribution is 2.45. The number of rotatable bonds is 3. The van der Waals surface area contributed by atoms with Gasteiger partial charge in [-0.15, -0.1) is 0 Å². The summed E-state index contributed by atoms with van der Waals surface area (Å²) < 4.78 is 9.89. The summed E-state index contributed by atoms with van der Waals surface area (Å²) in [7, 11) is 2.64. The number of ether oxygens (including phenoxy) is 2. The summed E-state index contributed by atoms with van der Waals surface area (Å²) in [6.45, 7) is 3.67. The van der Waals surface area contributed by atoms with Gasteiger partial charge in [0.2, 0.25) is 0 Å². The van der Waals surface area contributed by atoms with Gasteiger partial charge in [-0.3, -0.25) is 14.5 Å². The highest BCUT2D eigenvalue weighted by atomic mass is 16.5. The fourth-order valence-electron chi connectivity index (χ4n) is 4.90. The predicted octanol–water partition coefficient (Wildman–Crippen LogP) is 3.00. The van der Waals surface area contributed by atoms with Crippen LogP contribution in [0.2, 0.25) is 0 Å². The van der Waals surface area contributed by atoms with Crippen LogP contribution in [-0.2, 0) is 25.5 Å². The Labute approximate surface area is 164 Å². The standard InChI is InChI=1S/C22H26N2O4/c1-4-13-12-24-10-9-15-14-7-5-6-8-17(14)23-20(15)18(24)11-16(13)19(21(25)27-2)22(26)28-3/h4-8,16,18-19,23H,9-12H2,1-3H3/b13-4-/t16-,18-/m0/s1. The van der Waals surface area contributed by atoms with Crippen molar-refractivity contribution in [1.29, 1.82) is 0 Å². The molecule has 2 atom stereocenters. The number of H-pyrrole nitrogens is 1. The van der Waals surface area contributed by atoms with Gasteiger partial charge >= 0.3 is 11.9 Å². The number of nitrogens with one attached hydrogen (secondary N) is 1. The SMILES string of the molecule is C/C=C1/CN2CCc3c([nH]c4ccccc34)[C@@H]2C[C@@H]1C(C(=O)OC)C(=O)OC. The maximum atomic E-state index is 12.4. The van der Waals surface area contributed by atoms with Gasteiger partial charge in [-0.25, -0.2) is 0 Å². The molecule has 1 aromatic carbocycles. The topological polar surface area (TPSA) is 71.6 Å². The van der Waals surface area contributed by atoms with Crippen LogP contribution in [0.4, 0.5) is 0 Å². The molecule has 1 saturated heterocycles. The van der Waals surface area contributed by atoms with Crippen LogP contribution >= 0.6 is 0 Å². The summed E-state index contributed by atoms with van der Waals surface area (Å²) in [6, 6.07) is 8.50. The Hall–Kier alpha value is -2.60. The van der Waals surface area contributed by atoms with E-state index in [2.05, 4.69) is 28.1 Å². The molecule has 0 aliphatic carbocycles. The molecule has 4 rings (SSSR count). The second kappa shape index (κ2) is 7.43. The van der Waals surface area contributed by atoms with Crippen LogP contribution in [-0.4, -0.2) is 49.1 Å². The molecule has 3 heterocycles. The fourth-order valence-corrected chi connectivity index (χ4v) is 4.90. The number of aromatic nitrogens is 1. The number of esters is 2. The van der Waals surface area contributed by atoms with Crippen molar-refractivity contribution in [2.75, 3.05) is 27.3 Å². The van der Waals surface area contributed by atoms with Crippen LogP contribution in [0, 0.1) is 11.8 Å². The lowest BCUT2D eigenvalue weighted by molar-refractivity contribution is -0.161. The van der Waals surface area contributed by atoms with Crippen LogP contribution in [0.15, 0.2) is 35.9 Å². The molecule has 1 aromatic heterocycles. The van der Waals surface area contributed by atoms with Crippen molar-refractivity contribution in [2.45, 2.75) is 25.8 Å². The maximum absolute atomic E-state index is 12.4. The Morgan fingerprint density at radius 3 is 2.61 bits per heavy atom. The summed E-state index contributed by atoms with van der Waals surface area (Å²) >= 11 is 0. The van der Waals surface area contributed by atoms with E-state index in [4.69, 9.17) is 9.47 Å². The number of benzene rings is 1. The average Bonchev–Trinajstić information content (AvgIpc) is 3.12. The molecule has 0 amide bonds. The first kappa shape index (κ1) is 18.7. The smallest absolute Gasteiger partial charge is 0.320 e. The van der Waals surface area contributed by atoms with Gasteiger partial charge in [0.25, 0.3) is 0 Å². The van der Waals surface area contributed by atoms with E-state index >= 15 is 0 Å². The Morgan fingerprint density at radius 2 is 1.93 bits per heavy atom. The lowest BCUT2D eigenvalue weighted by Gasteiger charge is -2.44. The molecule has 0 saturated carbocycles. The molecule has 1 fully saturated rings. The Morgan fingerprint density at radius 1 is 1.21 bits per heavy atom. The molecule has 6 heteroatoms. The molecule has 2 aliphatic heterocycles. The molecule has 6 nitrogen and oxygen atoms in total. The lowest BCUT2D eigenvalue weighted by atomic mass is 9.75. The summed E-state index contributed by atoms with van der Waals surface area (Å²) in [5.74, 6) is -2.23. The minimum Gasteiger partial charge on any atom is -0.468 e. The molecule has 1 N–H and O–H groups in total. The number of methoxy groups -OCH3 is 2. The minimum absolute atomic E-state index is 0.140. The van der Waals surface area contributed by atoms with Crippen LogP contribution < -0.4 is 0 Å². The molecule has 2 aromatic rings. The summed E-state index contributed by atoms with van der Waals surface area (Å²) in [5.41, 5.74) is 4.80. The zero-order valence-corrected chi connectivity index (χ0v) is 16.5. The number of nitrogens with zero attached hydrogens (tertiary/aromatic N) is 1. The highest BCUT2D eigenvalue weighted by Gasteiger charge is 2.45. The molecule has 148 valence electrons. The number of para-hydroxylation sites is 1. The highest BCUT2D eigenvalue weighted by molar-refractivity contribution is 5.95. The van der Waals surface area contributed by atoms with E-state index in [1.807, 2.05) is 19.1 Å². The molecular formula is C22H26N2O4. The van der Waals surface area contributed by atoms with Gasteiger partial charge in [0.1, 0.15) is 0 Å². The number of piperidine rings is 1. The van der Waals surface area contributed by atoms with Gasteiger partial charge in [-0.05, 0) is 31.4 Å². The first-order valence-electron chi connectivity index (χ1n) is 9.73. The normalized spacial score (nSPS) is 23.5. The summed E-state index contributed by atoms with van der Waals surface area (Å²) in [6.07, 6.45) is 3.70. The number of carbonyl (C=O) groups is 2. The Kier molecular flexibility index (Phi) is 4.98. The first-order valence-corrected chi connectivity index (χ1v) is 9.73. The summed E-state index contributed by atoms with van der Waals surface area (Å²) in [4.78, 5) is 30.9. The lowest BCUT2D eigenvalue weighted by Crippen LogP contribution is -2.47. The van der Waals surface area contributed by atoms with Crippen molar-refractivity contribution in [3.05, 3.63) is 47.2 Å². The first-order chi connectivity index (χ1) is 13.6. The maximum Gasteiger partial charge on any atom is 0.320 e. The van der Waals surface area contributed by atoms with Crippen molar-refractivity contribution in [2.24, 2.45) is 11.8 Å². The third-order valence-corrected chi connectivity index (χ3v) is 6.29. The third kappa shape index (κ3) is 2.92. The number of allylic oxidation sites excluding steroid dienone is 1. The quantitative estimate of drug-likeness (QED) is 0.502. The molecule has 0 spiro atoms. The molecular weight excluding hydrogens is 356 g/mol. The monoisotopic (exact) mass is 382 g/mol. The van der Waals surface area contributed by atoms with Crippen molar-refractivity contribution in [3.63, 3.8) is 0 Å². The number of hydrogen-bond donors (Lipinski definition) is 1. The van der Waals surface area contributed by atoms with Crippen molar-refractivity contribution >= 4 is 22.8 Å². The van der Waals surface area contributed by atoms with Gasteiger partial charge in [0.15, 0.2) is 5.92 Å². The van der Waals surface area contributed by atoms with Crippen molar-refractivity contribution < 1.29 is 19.1 Å². The van der Waals surface area contributed by atoms with E-state index in [0.717, 1.165) is 30.6 Å². The minimum atomic E-state index is -0.932. The zero-order chi connectivity index (χ0) is 19.8.